The minimum Gasteiger partial charge on any atom is -0.458 e. The van der Waals surface area contributed by atoms with Gasteiger partial charge in [0.15, 0.2) is 16.1 Å². The van der Waals surface area contributed by atoms with Crippen LogP contribution in [0.3, 0.4) is 0 Å². The molecule has 18 rings (SSSR count). The van der Waals surface area contributed by atoms with Crippen LogP contribution in [0.25, 0.3) is 22.3 Å². The van der Waals surface area contributed by atoms with Gasteiger partial charge in [-0.3, -0.25) is 0 Å². The summed E-state index contributed by atoms with van der Waals surface area (Å²) in [6.45, 7) is 27.4. The van der Waals surface area contributed by atoms with Crippen LogP contribution < -0.4 is 60.8 Å². The van der Waals surface area contributed by atoms with E-state index in [4.69, 9.17) is 9.47 Å². The molecule has 0 atom stereocenters. The van der Waals surface area contributed by atoms with Crippen molar-refractivity contribution in [2.24, 2.45) is 0 Å². The average molecular weight is 1580 g/mol. The van der Waals surface area contributed by atoms with Gasteiger partial charge in [-0.2, -0.15) is 0 Å². The largest absolute Gasteiger partial charge is 0.458 e. The summed E-state index contributed by atoms with van der Waals surface area (Å²) in [4.78, 5) is 4.80. The van der Waals surface area contributed by atoms with E-state index in [0.717, 1.165) is 72.5 Å². The lowest BCUT2D eigenvalue weighted by Gasteiger charge is -2.39. The predicted molar refractivity (Wildman–Crippen MR) is 474 cm³/mol. The number of benzene rings is 14. The van der Waals surface area contributed by atoms with Crippen molar-refractivity contribution in [3.8, 4) is 45.3 Å². The Bertz CT molecular complexity index is 5290. The second-order valence-electron chi connectivity index (χ2n) is 33.5. The van der Waals surface area contributed by atoms with Gasteiger partial charge in [-0.15, -0.1) is 0 Å². The quantitative estimate of drug-likeness (QED) is 0.142. The first kappa shape index (κ1) is 72.9. The molecule has 540 valence electrons. The molecule has 0 radical (unpaired) electrons. The highest BCUT2D eigenvalue weighted by Gasteiger charge is 2.56. The summed E-state index contributed by atoms with van der Waals surface area (Å²) in [5.74, 6) is 3.94. The normalized spacial score (nSPS) is 13.6. The SMILES string of the molecule is CC(C)(C)c1ccc2c(c1)Oc1cc(C(C)(C)C)ccc1[Si]21c2cc(Br)ccc2-c2ccc(Br)cc21.CC(C)(C)c1ccc2c(c1)Oc1cc(C(C)(C)C)ccc1[Si]21c2cc(N(c3ccccc3)c3ccccc3)ccc2-c2ccc(N(c3ccccc3)c3ccccc3)cc21.c1ccc(Cc2ccccc2)cc1. The van der Waals surface area contributed by atoms with Gasteiger partial charge >= 0.3 is 0 Å². The Kier molecular flexibility index (Phi) is 19.1. The first-order valence-electron chi connectivity index (χ1n) is 38.1. The van der Waals surface area contributed by atoms with Crippen molar-refractivity contribution < 1.29 is 9.47 Å². The molecule has 0 N–H and O–H groups in total. The van der Waals surface area contributed by atoms with E-state index >= 15 is 0 Å². The van der Waals surface area contributed by atoms with Crippen molar-refractivity contribution in [3.63, 3.8) is 0 Å². The van der Waals surface area contributed by atoms with Gasteiger partial charge in [0.05, 0.1) is 0 Å². The van der Waals surface area contributed by atoms with Crippen LogP contribution in [0.2, 0.25) is 0 Å². The number of anilines is 6. The molecule has 4 nitrogen and oxygen atoms in total. The van der Waals surface area contributed by atoms with Crippen LogP contribution in [-0.4, -0.2) is 16.1 Å². The van der Waals surface area contributed by atoms with Gasteiger partial charge in [-0.05, 0) is 247 Å². The fraction of sp³-hybridized carbons (Fsp3) is 0.168. The lowest BCUT2D eigenvalue weighted by atomic mass is 9.87. The molecule has 0 aliphatic carbocycles. The molecule has 4 aliphatic heterocycles. The fourth-order valence-electron chi connectivity index (χ4n) is 16.7. The first-order chi connectivity index (χ1) is 52.4. The van der Waals surface area contributed by atoms with Gasteiger partial charge in [-0.25, -0.2) is 0 Å². The maximum absolute atomic E-state index is 7.21. The van der Waals surface area contributed by atoms with Crippen molar-refractivity contribution in [3.05, 3.63) is 370 Å². The molecule has 0 saturated carbocycles. The summed E-state index contributed by atoms with van der Waals surface area (Å²) >= 11 is 7.62. The van der Waals surface area contributed by atoms with Crippen molar-refractivity contribution >= 4 is 124 Å². The van der Waals surface area contributed by atoms with Gasteiger partial charge in [0.2, 0.25) is 0 Å². The van der Waals surface area contributed by atoms with Crippen molar-refractivity contribution in [2.75, 3.05) is 9.80 Å². The lowest BCUT2D eigenvalue weighted by molar-refractivity contribution is 0.479. The van der Waals surface area contributed by atoms with E-state index in [0.29, 0.717) is 0 Å². The molecule has 4 heterocycles. The third kappa shape index (κ3) is 13.5. The molecular weight excluding hydrogens is 1490 g/mol. The predicted octanol–water partition coefficient (Wildman–Crippen LogP) is 23.2. The van der Waals surface area contributed by atoms with Crippen molar-refractivity contribution in [1.29, 1.82) is 0 Å². The average Bonchev–Trinajstić information content (AvgIpc) is 1.56. The zero-order valence-corrected chi connectivity index (χ0v) is 69.5. The number of fused-ring (bicyclic) bond motifs is 18. The number of nitrogens with zero attached hydrogens (tertiary/aromatic N) is 2. The molecule has 0 fully saturated rings. The highest BCUT2D eigenvalue weighted by atomic mass is 79.9. The highest BCUT2D eigenvalue weighted by Crippen LogP contribution is 2.46. The Hall–Kier alpha value is -10.3. The van der Waals surface area contributed by atoms with Crippen LogP contribution in [0.5, 0.6) is 23.0 Å². The molecule has 0 unspecified atom stereocenters. The Morgan fingerprint density at radius 3 is 0.734 bits per heavy atom. The highest BCUT2D eigenvalue weighted by molar-refractivity contribution is 9.10. The van der Waals surface area contributed by atoms with Gasteiger partial charge in [0, 0.05) is 43.1 Å². The molecular formula is C101H92Br2N2O2Si2. The Balaban J connectivity index is 0.000000154. The fourth-order valence-corrected chi connectivity index (χ4v) is 28.6. The van der Waals surface area contributed by atoms with Crippen LogP contribution in [0.4, 0.5) is 34.1 Å². The molecule has 14 aromatic rings. The molecule has 109 heavy (non-hydrogen) atoms. The zero-order chi connectivity index (χ0) is 75.8. The zero-order valence-electron chi connectivity index (χ0n) is 64.4. The van der Waals surface area contributed by atoms with Gasteiger partial charge in [-0.1, -0.05) is 321 Å². The minimum atomic E-state index is -3.10. The number of hydrogen-bond acceptors (Lipinski definition) is 4. The van der Waals surface area contributed by atoms with E-state index in [-0.39, 0.29) is 21.7 Å². The smallest absolute Gasteiger partial charge is 0.189 e. The van der Waals surface area contributed by atoms with Crippen LogP contribution in [0.1, 0.15) is 116 Å². The molecule has 0 saturated heterocycles. The van der Waals surface area contributed by atoms with Crippen LogP contribution >= 0.6 is 31.9 Å². The molecule has 4 aliphatic rings. The number of para-hydroxylation sites is 4. The molecule has 0 bridgehead atoms. The number of halogens is 2. The van der Waals surface area contributed by atoms with E-state index < -0.39 is 16.1 Å². The standard InChI is InChI=1S/C56H50N2OSi.C32H30Br2OSi.C13H12/c1-55(2,3)39-27-33-51-49(35-39)59-50-36-40(56(4,5)6)28-34-52(50)60(51)53-37-45(57(41-19-11-7-12-20-41)42-21-13-8-14-22-42)29-31-47(53)48-32-30-46(38-54(48)60)58(43-23-15-9-16-24-43)44-25-17-10-18-26-44;1-31(2,3)19-7-13-27-25(15-19)35-26-16-20(32(4,5)6)8-14-28(26)36(27)29-17-21(33)9-11-23(29)24-12-10-22(34)18-30(24)36;1-3-7-12(8-4-1)11-13-9-5-2-6-10-13/h7-38H,1-6H3;7-18H,1-6H3;1-10H,11H2. The summed E-state index contributed by atoms with van der Waals surface area (Å²) < 4.78 is 16.3. The monoisotopic (exact) mass is 1580 g/mol. The van der Waals surface area contributed by atoms with E-state index in [1.165, 1.54) is 97.1 Å². The molecule has 0 aromatic heterocycles. The molecule has 8 heteroatoms. The third-order valence-corrected chi connectivity index (χ3v) is 33.0. The Labute approximate surface area is 664 Å². The number of hydrogen-bond donors (Lipinski definition) is 0. The van der Waals surface area contributed by atoms with E-state index in [9.17, 15) is 0 Å². The van der Waals surface area contributed by atoms with Crippen LogP contribution in [0, 0.1) is 0 Å². The summed E-state index contributed by atoms with van der Waals surface area (Å²) in [6.07, 6.45) is 1.03. The summed E-state index contributed by atoms with van der Waals surface area (Å²) in [5.41, 5.74) is 19.8. The topological polar surface area (TPSA) is 24.9 Å². The number of ether oxygens (including phenoxy) is 2. The molecule has 0 amide bonds. The second-order valence-corrected chi connectivity index (χ2v) is 42.7. The van der Waals surface area contributed by atoms with E-state index in [2.05, 4.69) is 452 Å². The van der Waals surface area contributed by atoms with Crippen LogP contribution in [0.15, 0.2) is 337 Å². The minimum absolute atomic E-state index is 0.0399. The molecule has 14 aromatic carbocycles. The van der Waals surface area contributed by atoms with Crippen molar-refractivity contribution in [1.82, 2.24) is 0 Å². The maximum atomic E-state index is 7.21. The maximum Gasteiger partial charge on any atom is 0.189 e. The molecule has 2 spiro atoms. The van der Waals surface area contributed by atoms with Crippen LogP contribution in [-0.2, 0) is 28.1 Å². The summed E-state index contributed by atoms with van der Waals surface area (Å²) in [7, 11) is -5.72. The third-order valence-electron chi connectivity index (χ3n) is 22.3. The first-order valence-corrected chi connectivity index (χ1v) is 43.7. The number of rotatable bonds is 8. The van der Waals surface area contributed by atoms with Gasteiger partial charge in [0.25, 0.3) is 0 Å². The Morgan fingerprint density at radius 2 is 0.477 bits per heavy atom. The van der Waals surface area contributed by atoms with Crippen molar-refractivity contribution in [2.45, 2.75) is 111 Å². The Morgan fingerprint density at radius 1 is 0.239 bits per heavy atom. The summed E-state index contributed by atoms with van der Waals surface area (Å²) in [5, 5.41) is 10.9. The summed E-state index contributed by atoms with van der Waals surface area (Å²) in [6, 6.07) is 120. The van der Waals surface area contributed by atoms with E-state index in [1.54, 1.807) is 0 Å². The second kappa shape index (κ2) is 28.6. The van der Waals surface area contributed by atoms with E-state index in [1.807, 2.05) is 0 Å². The van der Waals surface area contributed by atoms with Gasteiger partial charge in [0.1, 0.15) is 23.0 Å². The lowest BCUT2D eigenvalue weighted by Crippen LogP contribution is -2.74. The van der Waals surface area contributed by atoms with Gasteiger partial charge < -0.3 is 19.3 Å².